The number of carbonyl (C=O) groups excluding carboxylic acids is 2. The van der Waals surface area contributed by atoms with Crippen molar-refractivity contribution in [1.82, 2.24) is 0 Å². The number of carbonyl (C=O) groups is 2. The Labute approximate surface area is 120 Å². The van der Waals surface area contributed by atoms with Crippen molar-refractivity contribution >= 4 is 17.6 Å². The van der Waals surface area contributed by atoms with Crippen LogP contribution in [0.4, 0.5) is 5.69 Å². The molecule has 0 N–H and O–H groups in total. The Morgan fingerprint density at radius 2 is 1.60 bits per heavy atom. The second-order valence-electron chi connectivity index (χ2n) is 5.30. The Morgan fingerprint density at radius 1 is 1.10 bits per heavy atom. The molecule has 0 aliphatic carbocycles. The van der Waals surface area contributed by atoms with Crippen molar-refractivity contribution in [3.63, 3.8) is 0 Å². The third-order valence-electron chi connectivity index (χ3n) is 3.34. The van der Waals surface area contributed by atoms with Gasteiger partial charge < -0.3 is 4.74 Å². The van der Waals surface area contributed by atoms with E-state index in [4.69, 9.17) is 4.74 Å². The van der Waals surface area contributed by atoms with Crippen LogP contribution in [0, 0.1) is 19.8 Å². The van der Waals surface area contributed by atoms with Crippen LogP contribution in [0.5, 0.6) is 0 Å². The maximum absolute atomic E-state index is 12.5. The highest BCUT2D eigenvalue weighted by atomic mass is 16.5. The molecular formula is C16H23NO3. The lowest BCUT2D eigenvalue weighted by atomic mass is 10.0. The van der Waals surface area contributed by atoms with E-state index in [1.165, 1.54) is 7.11 Å². The molecule has 0 spiro atoms. The molecule has 0 saturated carbocycles. The number of methoxy groups -OCH3 is 1. The number of nitrogens with zero attached hydrogens (tertiary/aromatic N) is 1. The highest BCUT2D eigenvalue weighted by Gasteiger charge is 2.31. The van der Waals surface area contributed by atoms with E-state index < -0.39 is 12.0 Å². The average molecular weight is 277 g/mol. The lowest BCUT2D eigenvalue weighted by Crippen LogP contribution is -2.46. The fraction of sp³-hybridized carbons (Fsp3) is 0.500. The number of hydrogen-bond donors (Lipinski definition) is 0. The van der Waals surface area contributed by atoms with Gasteiger partial charge >= 0.3 is 5.97 Å². The molecule has 1 atom stereocenters. The Hall–Kier alpha value is -1.84. The van der Waals surface area contributed by atoms with Gasteiger partial charge in [0.25, 0.3) is 0 Å². The minimum absolute atomic E-state index is 0.0831. The van der Waals surface area contributed by atoms with E-state index >= 15 is 0 Å². The Bertz CT molecular complexity index is 488. The molecule has 0 aromatic heterocycles. The Morgan fingerprint density at radius 3 is 2.00 bits per heavy atom. The summed E-state index contributed by atoms with van der Waals surface area (Å²) in [4.78, 5) is 25.9. The number of rotatable bonds is 4. The molecule has 0 fully saturated rings. The van der Waals surface area contributed by atoms with Crippen molar-refractivity contribution in [2.75, 3.05) is 12.0 Å². The summed E-state index contributed by atoms with van der Waals surface area (Å²) in [5.41, 5.74) is 2.73. The Balaban J connectivity index is 3.38. The molecule has 1 aromatic rings. The van der Waals surface area contributed by atoms with E-state index in [1.54, 1.807) is 11.8 Å². The molecule has 0 saturated heterocycles. The SMILES string of the molecule is COC(=O)C(C)N(C(=O)C(C)C)c1c(C)cccc1C. The molecule has 0 bridgehead atoms. The van der Waals surface area contributed by atoms with Gasteiger partial charge in [0.1, 0.15) is 6.04 Å². The first kappa shape index (κ1) is 16.2. The molecular weight excluding hydrogens is 254 g/mol. The summed E-state index contributed by atoms with van der Waals surface area (Å²) < 4.78 is 4.79. The number of aryl methyl sites for hydroxylation is 2. The largest absolute Gasteiger partial charge is 0.467 e. The normalized spacial score (nSPS) is 12.2. The first-order valence-corrected chi connectivity index (χ1v) is 6.78. The first-order valence-electron chi connectivity index (χ1n) is 6.78. The highest BCUT2D eigenvalue weighted by Crippen LogP contribution is 2.28. The molecule has 1 unspecified atom stereocenters. The summed E-state index contributed by atoms with van der Waals surface area (Å²) in [5.74, 6) is -0.692. The van der Waals surface area contributed by atoms with Gasteiger partial charge in [-0.05, 0) is 31.9 Å². The van der Waals surface area contributed by atoms with E-state index in [9.17, 15) is 9.59 Å². The molecule has 0 aliphatic heterocycles. The summed E-state index contributed by atoms with van der Waals surface area (Å²) in [5, 5.41) is 0. The number of ether oxygens (including phenoxy) is 1. The summed E-state index contributed by atoms with van der Waals surface area (Å²) in [7, 11) is 1.33. The van der Waals surface area contributed by atoms with Gasteiger partial charge in [-0.25, -0.2) is 4.79 Å². The van der Waals surface area contributed by atoms with E-state index in [2.05, 4.69) is 0 Å². The molecule has 4 heteroatoms. The van der Waals surface area contributed by atoms with E-state index in [0.29, 0.717) is 0 Å². The third kappa shape index (κ3) is 3.18. The number of para-hydroxylation sites is 1. The summed E-state index contributed by atoms with van der Waals surface area (Å²) in [6, 6.07) is 5.17. The van der Waals surface area contributed by atoms with Crippen LogP contribution < -0.4 is 4.90 Å². The molecule has 0 radical (unpaired) electrons. The minimum atomic E-state index is -0.644. The van der Waals surface area contributed by atoms with Crippen molar-refractivity contribution < 1.29 is 14.3 Å². The minimum Gasteiger partial charge on any atom is -0.467 e. The lowest BCUT2D eigenvalue weighted by Gasteiger charge is -2.31. The Kier molecular flexibility index (Phi) is 5.31. The highest BCUT2D eigenvalue weighted by molar-refractivity contribution is 6.01. The number of amides is 1. The predicted octanol–water partition coefficient (Wildman–Crippen LogP) is 2.85. The second-order valence-corrected chi connectivity index (χ2v) is 5.30. The van der Waals surface area contributed by atoms with Crippen LogP contribution in [0.25, 0.3) is 0 Å². The molecule has 20 heavy (non-hydrogen) atoms. The topological polar surface area (TPSA) is 46.6 Å². The fourth-order valence-corrected chi connectivity index (χ4v) is 2.23. The van der Waals surface area contributed by atoms with Crippen molar-refractivity contribution in [3.8, 4) is 0 Å². The number of benzene rings is 1. The van der Waals surface area contributed by atoms with Gasteiger partial charge in [0.2, 0.25) is 5.91 Å². The second kappa shape index (κ2) is 6.55. The summed E-state index contributed by atoms with van der Waals surface area (Å²) in [6.07, 6.45) is 0. The van der Waals surface area contributed by atoms with Crippen LogP contribution in [0.1, 0.15) is 31.9 Å². The number of esters is 1. The quantitative estimate of drug-likeness (QED) is 0.795. The van der Waals surface area contributed by atoms with E-state index in [1.807, 2.05) is 45.9 Å². The summed E-state index contributed by atoms with van der Waals surface area (Å²) >= 11 is 0. The smallest absolute Gasteiger partial charge is 0.328 e. The van der Waals surface area contributed by atoms with Crippen LogP contribution in [0.3, 0.4) is 0 Å². The summed E-state index contributed by atoms with van der Waals surface area (Å²) in [6.45, 7) is 9.22. The van der Waals surface area contributed by atoms with Gasteiger partial charge in [0.05, 0.1) is 12.8 Å². The third-order valence-corrected chi connectivity index (χ3v) is 3.34. The van der Waals surface area contributed by atoms with Crippen LogP contribution in [0.15, 0.2) is 18.2 Å². The van der Waals surface area contributed by atoms with Crippen LogP contribution in [0.2, 0.25) is 0 Å². The monoisotopic (exact) mass is 277 g/mol. The predicted molar refractivity (Wildman–Crippen MR) is 79.7 cm³/mol. The number of anilines is 1. The van der Waals surface area contributed by atoms with Crippen molar-refractivity contribution in [3.05, 3.63) is 29.3 Å². The van der Waals surface area contributed by atoms with E-state index in [-0.39, 0.29) is 11.8 Å². The van der Waals surface area contributed by atoms with Crippen molar-refractivity contribution in [1.29, 1.82) is 0 Å². The molecule has 0 heterocycles. The van der Waals surface area contributed by atoms with Gasteiger partial charge in [0.15, 0.2) is 0 Å². The van der Waals surface area contributed by atoms with E-state index in [0.717, 1.165) is 16.8 Å². The van der Waals surface area contributed by atoms with Crippen molar-refractivity contribution in [2.45, 2.75) is 40.7 Å². The zero-order valence-electron chi connectivity index (χ0n) is 13.1. The maximum Gasteiger partial charge on any atom is 0.328 e. The first-order chi connectivity index (χ1) is 9.31. The standard InChI is InChI=1S/C16H23NO3/c1-10(2)15(18)17(13(5)16(19)20-6)14-11(3)8-7-9-12(14)4/h7-10,13H,1-6H3. The molecule has 110 valence electrons. The van der Waals surface area contributed by atoms with Crippen LogP contribution >= 0.6 is 0 Å². The van der Waals surface area contributed by atoms with Crippen molar-refractivity contribution in [2.24, 2.45) is 5.92 Å². The fourth-order valence-electron chi connectivity index (χ4n) is 2.23. The maximum atomic E-state index is 12.5. The lowest BCUT2D eigenvalue weighted by molar-refractivity contribution is -0.143. The molecule has 4 nitrogen and oxygen atoms in total. The molecule has 1 aromatic carbocycles. The zero-order chi connectivity index (χ0) is 15.4. The molecule has 0 aliphatic rings. The molecule has 1 rings (SSSR count). The average Bonchev–Trinajstić information content (AvgIpc) is 2.40. The zero-order valence-corrected chi connectivity index (χ0v) is 13.1. The van der Waals surface area contributed by atoms with Crippen LogP contribution in [-0.4, -0.2) is 25.0 Å². The van der Waals surface area contributed by atoms with Gasteiger partial charge in [-0.15, -0.1) is 0 Å². The molecule has 1 amide bonds. The number of hydrogen-bond acceptors (Lipinski definition) is 3. The van der Waals surface area contributed by atoms with Gasteiger partial charge in [0, 0.05) is 5.92 Å². The van der Waals surface area contributed by atoms with Gasteiger partial charge in [-0.3, -0.25) is 9.69 Å². The van der Waals surface area contributed by atoms with Crippen LogP contribution in [-0.2, 0) is 14.3 Å². The van der Waals surface area contributed by atoms with Gasteiger partial charge in [-0.2, -0.15) is 0 Å². The van der Waals surface area contributed by atoms with Gasteiger partial charge in [-0.1, -0.05) is 32.0 Å².